The topological polar surface area (TPSA) is 15.3 Å². The first-order valence-corrected chi connectivity index (χ1v) is 7.09. The zero-order valence-electron chi connectivity index (χ0n) is 11.6. The number of hydrogen-bond donors (Lipinski definition) is 1. The van der Waals surface area contributed by atoms with Crippen LogP contribution < -0.4 is 5.32 Å². The first-order valence-electron chi connectivity index (χ1n) is 7.09. The molecule has 1 rings (SSSR count). The molecule has 2 unspecified atom stereocenters. The van der Waals surface area contributed by atoms with Crippen LogP contribution in [0.2, 0.25) is 0 Å². The molecule has 1 N–H and O–H groups in total. The fraction of sp³-hybridized carbons (Fsp3) is 1.00. The van der Waals surface area contributed by atoms with Gasteiger partial charge in [0.2, 0.25) is 0 Å². The van der Waals surface area contributed by atoms with Gasteiger partial charge in [0, 0.05) is 19.1 Å². The Balaban J connectivity index is 2.24. The molecule has 0 bridgehead atoms. The van der Waals surface area contributed by atoms with Crippen molar-refractivity contribution in [3.63, 3.8) is 0 Å². The molecule has 0 aromatic heterocycles. The highest BCUT2D eigenvalue weighted by Crippen LogP contribution is 2.32. The number of nitrogens with zero attached hydrogens (tertiary/aromatic N) is 1. The largest absolute Gasteiger partial charge is 0.312 e. The fourth-order valence-corrected chi connectivity index (χ4v) is 2.28. The molecule has 0 heterocycles. The van der Waals surface area contributed by atoms with Crippen LogP contribution in [0.25, 0.3) is 0 Å². The first kappa shape index (κ1) is 14.0. The van der Waals surface area contributed by atoms with Gasteiger partial charge in [0.05, 0.1) is 0 Å². The molecule has 0 aromatic carbocycles. The minimum atomic E-state index is 0.744. The van der Waals surface area contributed by atoms with E-state index < -0.39 is 0 Å². The zero-order valence-corrected chi connectivity index (χ0v) is 11.6. The summed E-state index contributed by atoms with van der Waals surface area (Å²) in [7, 11) is 2.27. The molecule has 1 saturated carbocycles. The van der Waals surface area contributed by atoms with Crippen molar-refractivity contribution in [2.24, 2.45) is 11.8 Å². The maximum Gasteiger partial charge on any atom is 0.0223 e. The summed E-state index contributed by atoms with van der Waals surface area (Å²) in [6.45, 7) is 10.5. The molecule has 1 aliphatic rings. The number of likely N-dealkylation sites (N-methyl/N-ethyl adjacent to an activating group) is 1. The van der Waals surface area contributed by atoms with Crippen LogP contribution in [0, 0.1) is 11.8 Å². The third-order valence-corrected chi connectivity index (χ3v) is 3.68. The monoisotopic (exact) mass is 226 g/mol. The highest BCUT2D eigenvalue weighted by Gasteiger charge is 2.31. The first-order chi connectivity index (χ1) is 7.67. The van der Waals surface area contributed by atoms with Crippen molar-refractivity contribution in [3.8, 4) is 0 Å². The van der Waals surface area contributed by atoms with Crippen molar-refractivity contribution in [2.45, 2.75) is 52.5 Å². The maximum atomic E-state index is 3.71. The standard InChI is InChI=1S/C14H30N2/c1-5-9-15-14(13-7-8-13)11-16(4)10-12(3)6-2/h12-15H,5-11H2,1-4H3. The fourth-order valence-electron chi connectivity index (χ4n) is 2.28. The maximum absolute atomic E-state index is 3.71. The van der Waals surface area contributed by atoms with Gasteiger partial charge in [0.25, 0.3) is 0 Å². The van der Waals surface area contributed by atoms with Crippen LogP contribution in [0.1, 0.15) is 46.5 Å². The van der Waals surface area contributed by atoms with Gasteiger partial charge >= 0.3 is 0 Å². The second-order valence-electron chi connectivity index (χ2n) is 5.63. The van der Waals surface area contributed by atoms with Crippen molar-refractivity contribution in [2.75, 3.05) is 26.7 Å². The molecule has 1 fully saturated rings. The molecule has 96 valence electrons. The predicted octanol–water partition coefficient (Wildman–Crippen LogP) is 2.74. The van der Waals surface area contributed by atoms with Crippen LogP contribution in [0.5, 0.6) is 0 Å². The molecule has 2 atom stereocenters. The van der Waals surface area contributed by atoms with Crippen molar-refractivity contribution < 1.29 is 0 Å². The molecule has 2 heteroatoms. The molecule has 0 spiro atoms. The van der Waals surface area contributed by atoms with Gasteiger partial charge in [0.15, 0.2) is 0 Å². The molecular formula is C14H30N2. The summed E-state index contributed by atoms with van der Waals surface area (Å²) in [6.07, 6.45) is 5.43. The zero-order chi connectivity index (χ0) is 12.0. The van der Waals surface area contributed by atoms with Gasteiger partial charge in [-0.05, 0) is 44.7 Å². The predicted molar refractivity (Wildman–Crippen MR) is 71.8 cm³/mol. The highest BCUT2D eigenvalue weighted by atomic mass is 15.1. The Morgan fingerprint density at radius 2 is 1.94 bits per heavy atom. The molecule has 0 amide bonds. The SMILES string of the molecule is CCCNC(CN(C)CC(C)CC)C1CC1. The summed E-state index contributed by atoms with van der Waals surface area (Å²) in [5.74, 6) is 1.79. The summed E-state index contributed by atoms with van der Waals surface area (Å²) in [5.41, 5.74) is 0. The molecule has 0 radical (unpaired) electrons. The number of rotatable bonds is 9. The van der Waals surface area contributed by atoms with E-state index in [0.29, 0.717) is 0 Å². The quantitative estimate of drug-likeness (QED) is 0.650. The van der Waals surface area contributed by atoms with E-state index in [1.165, 1.54) is 45.3 Å². The Morgan fingerprint density at radius 3 is 2.44 bits per heavy atom. The highest BCUT2D eigenvalue weighted by molar-refractivity contribution is 4.88. The van der Waals surface area contributed by atoms with E-state index in [2.05, 4.69) is 38.0 Å². The average Bonchev–Trinajstić information content (AvgIpc) is 3.07. The van der Waals surface area contributed by atoms with Crippen LogP contribution in [-0.4, -0.2) is 37.6 Å². The lowest BCUT2D eigenvalue weighted by Crippen LogP contribution is -2.42. The molecule has 0 aromatic rings. The third kappa shape index (κ3) is 5.31. The second-order valence-corrected chi connectivity index (χ2v) is 5.63. The Bertz CT molecular complexity index is 178. The Hall–Kier alpha value is -0.0800. The molecule has 0 aliphatic heterocycles. The van der Waals surface area contributed by atoms with Crippen molar-refractivity contribution in [1.29, 1.82) is 0 Å². The molecular weight excluding hydrogens is 196 g/mol. The molecule has 0 saturated heterocycles. The minimum Gasteiger partial charge on any atom is -0.312 e. The van der Waals surface area contributed by atoms with Crippen LogP contribution >= 0.6 is 0 Å². The minimum absolute atomic E-state index is 0.744. The smallest absolute Gasteiger partial charge is 0.0223 e. The molecule has 2 nitrogen and oxygen atoms in total. The summed E-state index contributed by atoms with van der Waals surface area (Å²) >= 11 is 0. The molecule has 1 aliphatic carbocycles. The van der Waals surface area contributed by atoms with Crippen molar-refractivity contribution in [1.82, 2.24) is 10.2 Å². The Morgan fingerprint density at radius 1 is 1.25 bits per heavy atom. The Labute approximate surface area is 102 Å². The summed E-state index contributed by atoms with van der Waals surface area (Å²) < 4.78 is 0. The second kappa shape index (κ2) is 7.29. The Kier molecular flexibility index (Phi) is 6.37. The van der Waals surface area contributed by atoms with Gasteiger partial charge in [-0.15, -0.1) is 0 Å². The summed E-state index contributed by atoms with van der Waals surface area (Å²) in [5, 5.41) is 3.71. The van der Waals surface area contributed by atoms with Crippen molar-refractivity contribution in [3.05, 3.63) is 0 Å². The molecule has 16 heavy (non-hydrogen) atoms. The number of hydrogen-bond acceptors (Lipinski definition) is 2. The van der Waals surface area contributed by atoms with Gasteiger partial charge in [-0.25, -0.2) is 0 Å². The van der Waals surface area contributed by atoms with Crippen LogP contribution in [-0.2, 0) is 0 Å². The lowest BCUT2D eigenvalue weighted by Gasteiger charge is -2.26. The van der Waals surface area contributed by atoms with Crippen LogP contribution in [0.4, 0.5) is 0 Å². The normalized spacial score (nSPS) is 20.1. The van der Waals surface area contributed by atoms with Gasteiger partial charge < -0.3 is 10.2 Å². The average molecular weight is 226 g/mol. The van der Waals surface area contributed by atoms with Crippen LogP contribution in [0.15, 0.2) is 0 Å². The summed E-state index contributed by atoms with van der Waals surface area (Å²) in [6, 6.07) is 0.744. The van der Waals surface area contributed by atoms with E-state index in [1.807, 2.05) is 0 Å². The van der Waals surface area contributed by atoms with E-state index >= 15 is 0 Å². The van der Waals surface area contributed by atoms with Gasteiger partial charge in [-0.3, -0.25) is 0 Å². The summed E-state index contributed by atoms with van der Waals surface area (Å²) in [4.78, 5) is 2.51. The van der Waals surface area contributed by atoms with E-state index in [9.17, 15) is 0 Å². The van der Waals surface area contributed by atoms with E-state index in [4.69, 9.17) is 0 Å². The lowest BCUT2D eigenvalue weighted by molar-refractivity contribution is 0.241. The van der Waals surface area contributed by atoms with Crippen LogP contribution in [0.3, 0.4) is 0 Å². The van der Waals surface area contributed by atoms with E-state index in [1.54, 1.807) is 0 Å². The lowest BCUT2D eigenvalue weighted by atomic mass is 10.1. The van der Waals surface area contributed by atoms with E-state index in [0.717, 1.165) is 17.9 Å². The van der Waals surface area contributed by atoms with Gasteiger partial charge in [0.1, 0.15) is 0 Å². The number of nitrogens with one attached hydrogen (secondary N) is 1. The van der Waals surface area contributed by atoms with Gasteiger partial charge in [-0.1, -0.05) is 27.2 Å². The van der Waals surface area contributed by atoms with Crippen molar-refractivity contribution >= 4 is 0 Å². The van der Waals surface area contributed by atoms with E-state index in [-0.39, 0.29) is 0 Å². The third-order valence-electron chi connectivity index (χ3n) is 3.68. The van der Waals surface area contributed by atoms with Gasteiger partial charge in [-0.2, -0.15) is 0 Å².